The predicted molar refractivity (Wildman–Crippen MR) is 53.2 cm³/mol. The zero-order valence-corrected chi connectivity index (χ0v) is 9.45. The van der Waals surface area contributed by atoms with Gasteiger partial charge in [-0.15, -0.1) is 10.2 Å². The third-order valence-electron chi connectivity index (χ3n) is 3.29. The highest BCUT2D eigenvalue weighted by molar-refractivity contribution is 7.86. The van der Waals surface area contributed by atoms with Gasteiger partial charge < -0.3 is 0 Å². The molecule has 0 unspecified atom stereocenters. The van der Waals surface area contributed by atoms with E-state index in [2.05, 4.69) is 10.2 Å². The summed E-state index contributed by atoms with van der Waals surface area (Å²) in [4.78, 5) is 0. The summed E-state index contributed by atoms with van der Waals surface area (Å²) in [7, 11) is -4.75. The Morgan fingerprint density at radius 1 is 1.19 bits per heavy atom. The van der Waals surface area contributed by atoms with Gasteiger partial charge >= 0.3 is 10.2 Å². The molecule has 3 rings (SSSR count). The first-order valence-corrected chi connectivity index (χ1v) is 6.85. The van der Waals surface area contributed by atoms with Gasteiger partial charge in [0.25, 0.3) is 5.16 Å². The van der Waals surface area contributed by atoms with Gasteiger partial charge in [0.05, 0.1) is 0 Å². The summed E-state index contributed by atoms with van der Waals surface area (Å²) in [6.07, 6.45) is 4.90. The first-order valence-electron chi connectivity index (χ1n) is 5.47. The SMILES string of the molecule is O=S(=O)(F)c1nnc(C2CCC2)n1C1CC1. The molecule has 0 aromatic carbocycles. The second kappa shape index (κ2) is 3.26. The Bertz CT molecular complexity index is 517. The third-order valence-corrected chi connectivity index (χ3v) is 4.01. The van der Waals surface area contributed by atoms with Crippen molar-refractivity contribution in [1.29, 1.82) is 0 Å². The Hall–Kier alpha value is -0.980. The first-order chi connectivity index (χ1) is 7.57. The molecule has 7 heteroatoms. The van der Waals surface area contributed by atoms with Crippen LogP contribution in [0.1, 0.15) is 49.9 Å². The summed E-state index contributed by atoms with van der Waals surface area (Å²) in [6, 6.07) is 0.0890. The smallest absolute Gasteiger partial charge is 0.296 e. The van der Waals surface area contributed by atoms with Crippen LogP contribution in [0, 0.1) is 0 Å². The summed E-state index contributed by atoms with van der Waals surface area (Å²) in [5.41, 5.74) is 0. The molecular formula is C9H12FN3O2S. The molecule has 2 fully saturated rings. The van der Waals surface area contributed by atoms with E-state index in [-0.39, 0.29) is 12.0 Å². The van der Waals surface area contributed by atoms with Crippen molar-refractivity contribution in [2.24, 2.45) is 0 Å². The highest BCUT2D eigenvalue weighted by Crippen LogP contribution is 2.43. The van der Waals surface area contributed by atoms with Crippen molar-refractivity contribution >= 4 is 10.2 Å². The second-order valence-electron chi connectivity index (χ2n) is 4.51. The van der Waals surface area contributed by atoms with Crippen LogP contribution in [0.25, 0.3) is 0 Å². The quantitative estimate of drug-likeness (QED) is 0.758. The zero-order valence-electron chi connectivity index (χ0n) is 8.63. The van der Waals surface area contributed by atoms with Crippen LogP contribution in [0.5, 0.6) is 0 Å². The van der Waals surface area contributed by atoms with Crippen LogP contribution in [0.3, 0.4) is 0 Å². The normalized spacial score (nSPS) is 22.1. The van der Waals surface area contributed by atoms with Crippen molar-refractivity contribution in [2.75, 3.05) is 0 Å². The van der Waals surface area contributed by atoms with Crippen molar-refractivity contribution in [3.63, 3.8) is 0 Å². The number of hydrogen-bond donors (Lipinski definition) is 0. The summed E-state index contributed by atoms with van der Waals surface area (Å²) in [6.45, 7) is 0. The van der Waals surface area contributed by atoms with Crippen molar-refractivity contribution in [3.8, 4) is 0 Å². The van der Waals surface area contributed by atoms with Gasteiger partial charge in [0.15, 0.2) is 0 Å². The lowest BCUT2D eigenvalue weighted by atomic mass is 9.85. The molecule has 0 amide bonds. The maximum absolute atomic E-state index is 13.0. The third kappa shape index (κ3) is 1.53. The number of nitrogens with zero attached hydrogens (tertiary/aromatic N) is 3. The highest BCUT2D eigenvalue weighted by Gasteiger charge is 2.37. The molecule has 1 aromatic heterocycles. The van der Waals surface area contributed by atoms with E-state index in [0.717, 1.165) is 32.1 Å². The Balaban J connectivity index is 2.08. The van der Waals surface area contributed by atoms with E-state index in [0.29, 0.717) is 5.82 Å². The Morgan fingerprint density at radius 2 is 1.88 bits per heavy atom. The Labute approximate surface area is 92.9 Å². The molecule has 0 N–H and O–H groups in total. The number of rotatable bonds is 3. The van der Waals surface area contributed by atoms with Crippen molar-refractivity contribution < 1.29 is 12.3 Å². The minimum Gasteiger partial charge on any atom is -0.296 e. The van der Waals surface area contributed by atoms with Crippen LogP contribution >= 0.6 is 0 Å². The molecule has 2 aliphatic rings. The van der Waals surface area contributed by atoms with Gasteiger partial charge in [0.1, 0.15) is 5.82 Å². The molecule has 0 spiro atoms. The van der Waals surface area contributed by atoms with E-state index in [9.17, 15) is 12.3 Å². The van der Waals surface area contributed by atoms with Gasteiger partial charge in [0, 0.05) is 12.0 Å². The van der Waals surface area contributed by atoms with E-state index < -0.39 is 15.4 Å². The largest absolute Gasteiger partial charge is 0.368 e. The minimum absolute atomic E-state index is 0.0890. The summed E-state index contributed by atoms with van der Waals surface area (Å²) < 4.78 is 36.4. The predicted octanol–water partition coefficient (Wildman–Crippen LogP) is 1.54. The fourth-order valence-corrected chi connectivity index (χ4v) is 2.69. The van der Waals surface area contributed by atoms with Crippen LogP contribution in [0.15, 0.2) is 5.16 Å². The summed E-state index contributed by atoms with van der Waals surface area (Å²) >= 11 is 0. The summed E-state index contributed by atoms with van der Waals surface area (Å²) in [5.74, 6) is 0.925. The molecule has 0 saturated heterocycles. The number of aromatic nitrogens is 3. The van der Waals surface area contributed by atoms with Gasteiger partial charge in [-0.2, -0.15) is 8.42 Å². The summed E-state index contributed by atoms with van der Waals surface area (Å²) in [5, 5.41) is 6.86. The average molecular weight is 245 g/mol. The molecule has 0 atom stereocenters. The Kier molecular flexibility index (Phi) is 2.07. The molecule has 0 radical (unpaired) electrons. The van der Waals surface area contributed by atoms with Crippen molar-refractivity contribution in [3.05, 3.63) is 5.82 Å². The number of hydrogen-bond acceptors (Lipinski definition) is 4. The fraction of sp³-hybridized carbons (Fsp3) is 0.778. The van der Waals surface area contributed by atoms with Crippen LogP contribution in [0.4, 0.5) is 3.89 Å². The van der Waals surface area contributed by atoms with Gasteiger partial charge in [0.2, 0.25) is 0 Å². The van der Waals surface area contributed by atoms with Crippen LogP contribution in [-0.4, -0.2) is 23.2 Å². The second-order valence-corrected chi connectivity index (χ2v) is 5.75. The standard InChI is InChI=1S/C9H12FN3O2S/c10-16(14,15)9-12-11-8(6-2-1-3-6)13(9)7-4-5-7/h6-7H,1-5H2. The first kappa shape index (κ1) is 10.2. The molecule has 5 nitrogen and oxygen atoms in total. The molecule has 0 aliphatic heterocycles. The van der Waals surface area contributed by atoms with Crippen LogP contribution < -0.4 is 0 Å². The van der Waals surface area contributed by atoms with Crippen molar-refractivity contribution in [1.82, 2.24) is 14.8 Å². The molecule has 1 aromatic rings. The molecule has 2 aliphatic carbocycles. The molecule has 1 heterocycles. The van der Waals surface area contributed by atoms with E-state index in [4.69, 9.17) is 0 Å². The van der Waals surface area contributed by atoms with E-state index in [1.165, 1.54) is 4.57 Å². The zero-order chi connectivity index (χ0) is 11.3. The lowest BCUT2D eigenvalue weighted by molar-refractivity contribution is 0.382. The van der Waals surface area contributed by atoms with E-state index in [1.807, 2.05) is 0 Å². The fourth-order valence-electron chi connectivity index (χ4n) is 2.08. The van der Waals surface area contributed by atoms with Crippen molar-refractivity contribution in [2.45, 2.75) is 49.2 Å². The average Bonchev–Trinajstić information content (AvgIpc) is 2.83. The molecular weight excluding hydrogens is 233 g/mol. The van der Waals surface area contributed by atoms with E-state index >= 15 is 0 Å². The minimum atomic E-state index is -4.75. The maximum atomic E-state index is 13.0. The molecule has 88 valence electrons. The Morgan fingerprint density at radius 3 is 2.31 bits per heavy atom. The van der Waals surface area contributed by atoms with Gasteiger partial charge in [-0.3, -0.25) is 4.57 Å². The van der Waals surface area contributed by atoms with Gasteiger partial charge in [-0.05, 0) is 25.7 Å². The maximum Gasteiger partial charge on any atom is 0.368 e. The monoisotopic (exact) mass is 245 g/mol. The van der Waals surface area contributed by atoms with Crippen LogP contribution in [0.2, 0.25) is 0 Å². The lowest BCUT2D eigenvalue weighted by Crippen LogP contribution is -2.16. The van der Waals surface area contributed by atoms with Gasteiger partial charge in [-0.1, -0.05) is 10.3 Å². The van der Waals surface area contributed by atoms with E-state index in [1.54, 1.807) is 0 Å². The molecule has 2 saturated carbocycles. The number of halogens is 1. The van der Waals surface area contributed by atoms with Gasteiger partial charge in [-0.25, -0.2) is 0 Å². The highest BCUT2D eigenvalue weighted by atomic mass is 32.3. The molecule has 16 heavy (non-hydrogen) atoms. The topological polar surface area (TPSA) is 64.8 Å². The van der Waals surface area contributed by atoms with Crippen LogP contribution in [-0.2, 0) is 10.2 Å². The lowest BCUT2D eigenvalue weighted by Gasteiger charge is -2.24. The molecule has 0 bridgehead atoms.